The van der Waals surface area contributed by atoms with Gasteiger partial charge in [-0.25, -0.2) is 8.42 Å². The van der Waals surface area contributed by atoms with Gasteiger partial charge >= 0.3 is 0 Å². The van der Waals surface area contributed by atoms with Gasteiger partial charge in [-0.3, -0.25) is 13.9 Å². The molecule has 0 aliphatic rings. The van der Waals surface area contributed by atoms with Crippen molar-refractivity contribution in [2.24, 2.45) is 0 Å². The molecule has 0 bridgehead atoms. The van der Waals surface area contributed by atoms with Crippen LogP contribution < -0.4 is 14.9 Å². The van der Waals surface area contributed by atoms with Crippen molar-refractivity contribution < 1.29 is 18.0 Å². The minimum absolute atomic E-state index is 0.0134. The Morgan fingerprint density at radius 1 is 1.07 bits per heavy atom. The quantitative estimate of drug-likeness (QED) is 0.743. The predicted molar refractivity (Wildman–Crippen MR) is 111 cm³/mol. The molecule has 1 atom stereocenters. The van der Waals surface area contributed by atoms with E-state index in [2.05, 4.69) is 10.6 Å². The Balaban J connectivity index is 2.26. The lowest BCUT2D eigenvalue weighted by Gasteiger charge is -2.17. The topological polar surface area (TPSA) is 95.6 Å². The van der Waals surface area contributed by atoms with Crippen LogP contribution in [-0.4, -0.2) is 39.6 Å². The second-order valence-corrected chi connectivity index (χ2v) is 8.58. The molecule has 150 valence electrons. The number of carbonyl (C=O) groups excluding carboxylic acids is 2. The van der Waals surface area contributed by atoms with Gasteiger partial charge in [0.05, 0.1) is 23.2 Å². The highest BCUT2D eigenvalue weighted by Gasteiger charge is 2.17. The van der Waals surface area contributed by atoms with Gasteiger partial charge in [0.1, 0.15) is 0 Å². The van der Waals surface area contributed by atoms with Crippen molar-refractivity contribution in [2.75, 3.05) is 22.9 Å². The van der Waals surface area contributed by atoms with Gasteiger partial charge in [0.15, 0.2) is 0 Å². The molecule has 0 aromatic heterocycles. The Bertz CT molecular complexity index is 973. The summed E-state index contributed by atoms with van der Waals surface area (Å²) in [5, 5.41) is 5.61. The highest BCUT2D eigenvalue weighted by molar-refractivity contribution is 7.92. The third kappa shape index (κ3) is 5.32. The van der Waals surface area contributed by atoms with Crippen LogP contribution in [0.4, 0.5) is 11.4 Å². The van der Waals surface area contributed by atoms with E-state index in [4.69, 9.17) is 0 Å². The second-order valence-electron chi connectivity index (χ2n) is 6.56. The summed E-state index contributed by atoms with van der Waals surface area (Å²) in [7, 11) is -2.02. The molecule has 2 aromatic carbocycles. The Labute approximate surface area is 165 Å². The van der Waals surface area contributed by atoms with E-state index in [-0.39, 0.29) is 17.5 Å². The van der Waals surface area contributed by atoms with Crippen molar-refractivity contribution in [3.05, 3.63) is 59.7 Å². The minimum atomic E-state index is -3.44. The van der Waals surface area contributed by atoms with Gasteiger partial charge in [-0.15, -0.1) is 0 Å². The van der Waals surface area contributed by atoms with Crippen LogP contribution in [0.5, 0.6) is 0 Å². The monoisotopic (exact) mass is 403 g/mol. The normalized spacial score (nSPS) is 12.1. The first-order valence-corrected chi connectivity index (χ1v) is 10.7. The van der Waals surface area contributed by atoms with Crippen LogP contribution >= 0.6 is 0 Å². The molecule has 8 heteroatoms. The molecule has 0 unspecified atom stereocenters. The Morgan fingerprint density at radius 2 is 1.75 bits per heavy atom. The predicted octanol–water partition coefficient (Wildman–Crippen LogP) is 2.86. The maximum absolute atomic E-state index is 12.7. The molecule has 0 saturated heterocycles. The third-order valence-electron chi connectivity index (χ3n) is 4.38. The summed E-state index contributed by atoms with van der Waals surface area (Å²) in [4.78, 5) is 25.2. The van der Waals surface area contributed by atoms with E-state index in [1.54, 1.807) is 42.5 Å². The standard InChI is InChI=1S/C20H25N3O4S/c1-5-14(2)21-20(25)17-11-6-7-12-18(17)22-19(24)15-9-8-10-16(13-15)23(3)28(4,26)27/h6-14H,5H2,1-4H3,(H,21,25)(H,22,24)/t14-/m0/s1. The smallest absolute Gasteiger partial charge is 0.255 e. The first kappa shape index (κ1) is 21.4. The summed E-state index contributed by atoms with van der Waals surface area (Å²) >= 11 is 0. The molecular formula is C20H25N3O4S. The molecule has 0 saturated carbocycles. The van der Waals surface area contributed by atoms with Gasteiger partial charge < -0.3 is 10.6 Å². The zero-order valence-corrected chi connectivity index (χ0v) is 17.2. The number of nitrogens with one attached hydrogen (secondary N) is 2. The number of amides is 2. The molecule has 2 rings (SSSR count). The highest BCUT2D eigenvalue weighted by Crippen LogP contribution is 2.20. The summed E-state index contributed by atoms with van der Waals surface area (Å²) < 4.78 is 24.5. The van der Waals surface area contributed by atoms with Crippen molar-refractivity contribution in [1.82, 2.24) is 5.32 Å². The maximum atomic E-state index is 12.7. The Hall–Kier alpha value is -2.87. The number of hydrogen-bond donors (Lipinski definition) is 2. The zero-order valence-electron chi connectivity index (χ0n) is 16.4. The fourth-order valence-corrected chi connectivity index (χ4v) is 2.92. The summed E-state index contributed by atoms with van der Waals surface area (Å²) in [6, 6.07) is 13.0. The number of benzene rings is 2. The molecule has 0 fully saturated rings. The highest BCUT2D eigenvalue weighted by atomic mass is 32.2. The third-order valence-corrected chi connectivity index (χ3v) is 5.58. The number of nitrogens with zero attached hydrogens (tertiary/aromatic N) is 1. The van der Waals surface area contributed by atoms with Crippen LogP contribution in [0.3, 0.4) is 0 Å². The van der Waals surface area contributed by atoms with Gasteiger partial charge in [-0.05, 0) is 43.7 Å². The molecule has 2 amide bonds. The number of rotatable bonds is 7. The van der Waals surface area contributed by atoms with Crippen LogP contribution in [-0.2, 0) is 10.0 Å². The van der Waals surface area contributed by atoms with E-state index >= 15 is 0 Å². The van der Waals surface area contributed by atoms with Gasteiger partial charge in [0.2, 0.25) is 10.0 Å². The summed E-state index contributed by atoms with van der Waals surface area (Å²) in [6.07, 6.45) is 1.88. The molecular weight excluding hydrogens is 378 g/mol. The number of sulfonamides is 1. The molecule has 0 aliphatic heterocycles. The van der Waals surface area contributed by atoms with Crippen LogP contribution in [0.15, 0.2) is 48.5 Å². The van der Waals surface area contributed by atoms with E-state index in [0.29, 0.717) is 16.9 Å². The Kier molecular flexibility index (Phi) is 6.80. The molecule has 2 N–H and O–H groups in total. The Morgan fingerprint density at radius 3 is 2.39 bits per heavy atom. The van der Waals surface area contributed by atoms with E-state index < -0.39 is 15.9 Å². The van der Waals surface area contributed by atoms with Crippen molar-refractivity contribution in [3.63, 3.8) is 0 Å². The molecule has 7 nitrogen and oxygen atoms in total. The average Bonchev–Trinajstić information content (AvgIpc) is 2.66. The number of hydrogen-bond acceptors (Lipinski definition) is 4. The average molecular weight is 404 g/mol. The van der Waals surface area contributed by atoms with E-state index in [1.165, 1.54) is 13.1 Å². The summed E-state index contributed by atoms with van der Waals surface area (Å²) in [5.74, 6) is -0.705. The van der Waals surface area contributed by atoms with E-state index in [1.807, 2.05) is 13.8 Å². The number of para-hydroxylation sites is 1. The molecule has 28 heavy (non-hydrogen) atoms. The summed E-state index contributed by atoms with van der Waals surface area (Å²) in [6.45, 7) is 3.88. The molecule has 0 heterocycles. The van der Waals surface area contributed by atoms with Gasteiger partial charge in [0.25, 0.3) is 11.8 Å². The van der Waals surface area contributed by atoms with E-state index in [9.17, 15) is 18.0 Å². The van der Waals surface area contributed by atoms with Crippen molar-refractivity contribution in [2.45, 2.75) is 26.3 Å². The molecule has 0 spiro atoms. The lowest BCUT2D eigenvalue weighted by molar-refractivity contribution is 0.0940. The minimum Gasteiger partial charge on any atom is -0.350 e. The first-order valence-electron chi connectivity index (χ1n) is 8.88. The van der Waals surface area contributed by atoms with Crippen LogP contribution in [0.2, 0.25) is 0 Å². The second kappa shape index (κ2) is 8.88. The van der Waals surface area contributed by atoms with Crippen LogP contribution in [0, 0.1) is 0 Å². The van der Waals surface area contributed by atoms with E-state index in [0.717, 1.165) is 17.0 Å². The van der Waals surface area contributed by atoms with Crippen molar-refractivity contribution in [3.8, 4) is 0 Å². The number of carbonyl (C=O) groups is 2. The van der Waals surface area contributed by atoms with Crippen molar-refractivity contribution in [1.29, 1.82) is 0 Å². The fourth-order valence-electron chi connectivity index (χ4n) is 2.42. The largest absolute Gasteiger partial charge is 0.350 e. The lowest BCUT2D eigenvalue weighted by Crippen LogP contribution is -2.32. The SMILES string of the molecule is CC[C@H](C)NC(=O)c1ccccc1NC(=O)c1cccc(N(C)S(C)(=O)=O)c1. The van der Waals surface area contributed by atoms with Gasteiger partial charge in [-0.1, -0.05) is 25.1 Å². The van der Waals surface area contributed by atoms with Gasteiger partial charge in [0, 0.05) is 18.7 Å². The number of anilines is 2. The fraction of sp³-hybridized carbons (Fsp3) is 0.300. The van der Waals surface area contributed by atoms with Crippen LogP contribution in [0.1, 0.15) is 41.0 Å². The van der Waals surface area contributed by atoms with Crippen LogP contribution in [0.25, 0.3) is 0 Å². The summed E-state index contributed by atoms with van der Waals surface area (Å²) in [5.41, 5.74) is 1.40. The molecule has 0 aliphatic carbocycles. The first-order chi connectivity index (χ1) is 13.1. The lowest BCUT2D eigenvalue weighted by atomic mass is 10.1. The van der Waals surface area contributed by atoms with Gasteiger partial charge in [-0.2, -0.15) is 0 Å². The zero-order chi connectivity index (χ0) is 20.9. The molecule has 2 aromatic rings. The molecule has 0 radical (unpaired) electrons. The van der Waals surface area contributed by atoms with Crippen molar-refractivity contribution >= 4 is 33.2 Å². The maximum Gasteiger partial charge on any atom is 0.255 e.